The van der Waals surface area contributed by atoms with Crippen LogP contribution in [0.25, 0.3) is 0 Å². The van der Waals surface area contributed by atoms with Crippen LogP contribution in [0.5, 0.6) is 0 Å². The molecule has 16 heavy (non-hydrogen) atoms. The molecule has 0 aliphatic heterocycles. The number of carbonyl (C=O) groups excluding carboxylic acids is 1. The van der Waals surface area contributed by atoms with E-state index in [1.165, 1.54) is 0 Å². The van der Waals surface area contributed by atoms with Gasteiger partial charge in [0, 0.05) is 10.2 Å². The van der Waals surface area contributed by atoms with Crippen LogP contribution in [-0.4, -0.2) is 11.9 Å². The largest absolute Gasteiger partial charge is 0.325 e. The number of nitrogens with two attached hydrogens (primary N) is 1. The number of amides is 1. The Hall–Kier alpha value is -0.870. The number of anilines is 1. The van der Waals surface area contributed by atoms with Crippen LogP contribution in [0.4, 0.5) is 5.69 Å². The van der Waals surface area contributed by atoms with Crippen molar-refractivity contribution in [2.24, 2.45) is 11.7 Å². The minimum absolute atomic E-state index is 0.133. The van der Waals surface area contributed by atoms with E-state index >= 15 is 0 Å². The average Bonchev–Trinajstić information content (AvgIpc) is 2.16. The molecule has 1 rings (SSSR count). The highest BCUT2D eigenvalue weighted by Gasteiger charge is 2.14. The lowest BCUT2D eigenvalue weighted by atomic mass is 10.0. The van der Waals surface area contributed by atoms with Crippen molar-refractivity contribution in [1.82, 2.24) is 0 Å². The Morgan fingerprint density at radius 2 is 2.19 bits per heavy atom. The molecule has 1 atom stereocenters. The third-order valence-corrected chi connectivity index (χ3v) is 2.65. The van der Waals surface area contributed by atoms with Gasteiger partial charge in [0.15, 0.2) is 0 Å². The summed E-state index contributed by atoms with van der Waals surface area (Å²) in [5.41, 5.74) is 6.54. The molecule has 4 heteroatoms. The maximum atomic E-state index is 11.7. The summed E-state index contributed by atoms with van der Waals surface area (Å²) in [4.78, 5) is 11.7. The first-order chi connectivity index (χ1) is 7.49. The smallest absolute Gasteiger partial charge is 0.241 e. The SMILES string of the molecule is CC(C)C[C@@H](N)C(=O)Nc1cccc(Br)c1. The second-order valence-electron chi connectivity index (χ2n) is 4.24. The first-order valence-electron chi connectivity index (χ1n) is 5.31. The zero-order valence-electron chi connectivity index (χ0n) is 9.53. The van der Waals surface area contributed by atoms with Gasteiger partial charge in [-0.15, -0.1) is 0 Å². The molecule has 0 aliphatic carbocycles. The number of benzene rings is 1. The summed E-state index contributed by atoms with van der Waals surface area (Å²) in [6.07, 6.45) is 0.694. The van der Waals surface area contributed by atoms with Gasteiger partial charge < -0.3 is 11.1 Å². The van der Waals surface area contributed by atoms with E-state index in [4.69, 9.17) is 5.73 Å². The molecule has 0 fully saturated rings. The Bertz CT molecular complexity index is 366. The molecule has 0 aromatic heterocycles. The van der Waals surface area contributed by atoms with Gasteiger partial charge in [-0.05, 0) is 30.5 Å². The Balaban J connectivity index is 2.57. The van der Waals surface area contributed by atoms with Crippen LogP contribution < -0.4 is 11.1 Å². The first-order valence-corrected chi connectivity index (χ1v) is 6.10. The molecular weight excluding hydrogens is 268 g/mol. The van der Waals surface area contributed by atoms with Gasteiger partial charge in [0.1, 0.15) is 0 Å². The minimum atomic E-state index is -0.445. The number of carbonyl (C=O) groups is 1. The molecule has 1 amide bonds. The predicted molar refractivity (Wildman–Crippen MR) is 70.2 cm³/mol. The van der Waals surface area contributed by atoms with E-state index in [9.17, 15) is 4.79 Å². The normalized spacial score (nSPS) is 12.6. The van der Waals surface area contributed by atoms with Gasteiger partial charge in [-0.3, -0.25) is 4.79 Å². The molecule has 0 saturated carbocycles. The molecule has 0 saturated heterocycles. The predicted octanol–water partition coefficient (Wildman–Crippen LogP) is 2.76. The van der Waals surface area contributed by atoms with Crippen LogP contribution in [0.15, 0.2) is 28.7 Å². The van der Waals surface area contributed by atoms with E-state index in [0.717, 1.165) is 10.2 Å². The highest BCUT2D eigenvalue weighted by atomic mass is 79.9. The van der Waals surface area contributed by atoms with E-state index in [1.54, 1.807) is 0 Å². The maximum absolute atomic E-state index is 11.7. The number of rotatable bonds is 4. The highest BCUT2D eigenvalue weighted by molar-refractivity contribution is 9.10. The van der Waals surface area contributed by atoms with Crippen molar-refractivity contribution in [1.29, 1.82) is 0 Å². The number of hydrogen-bond acceptors (Lipinski definition) is 2. The second-order valence-corrected chi connectivity index (χ2v) is 5.15. The van der Waals surface area contributed by atoms with Crippen LogP contribution in [0.3, 0.4) is 0 Å². The van der Waals surface area contributed by atoms with E-state index in [1.807, 2.05) is 38.1 Å². The van der Waals surface area contributed by atoms with E-state index < -0.39 is 6.04 Å². The fraction of sp³-hybridized carbons (Fsp3) is 0.417. The zero-order valence-corrected chi connectivity index (χ0v) is 11.1. The van der Waals surface area contributed by atoms with Crippen molar-refractivity contribution in [2.45, 2.75) is 26.3 Å². The molecule has 0 radical (unpaired) electrons. The summed E-state index contributed by atoms with van der Waals surface area (Å²) >= 11 is 3.35. The van der Waals surface area contributed by atoms with Crippen LogP contribution in [-0.2, 0) is 4.79 Å². The summed E-state index contributed by atoms with van der Waals surface area (Å²) in [6, 6.07) is 7.02. The fourth-order valence-electron chi connectivity index (χ4n) is 1.42. The lowest BCUT2D eigenvalue weighted by molar-refractivity contribution is -0.117. The van der Waals surface area contributed by atoms with E-state index in [-0.39, 0.29) is 5.91 Å². The van der Waals surface area contributed by atoms with Gasteiger partial charge in [-0.1, -0.05) is 35.8 Å². The summed E-state index contributed by atoms with van der Waals surface area (Å²) < 4.78 is 0.933. The first kappa shape index (κ1) is 13.2. The highest BCUT2D eigenvalue weighted by Crippen LogP contribution is 2.16. The van der Waals surface area contributed by atoms with Crippen molar-refractivity contribution in [3.63, 3.8) is 0 Å². The van der Waals surface area contributed by atoms with Crippen molar-refractivity contribution < 1.29 is 4.79 Å². The third-order valence-electron chi connectivity index (χ3n) is 2.15. The Labute approximate surface area is 105 Å². The Kier molecular flexibility index (Phi) is 4.96. The van der Waals surface area contributed by atoms with E-state index in [2.05, 4.69) is 21.2 Å². The summed E-state index contributed by atoms with van der Waals surface area (Å²) in [5, 5.41) is 2.79. The Morgan fingerprint density at radius 3 is 2.75 bits per heavy atom. The molecule has 0 bridgehead atoms. The second kappa shape index (κ2) is 6.01. The van der Waals surface area contributed by atoms with Crippen LogP contribution in [0, 0.1) is 5.92 Å². The molecule has 1 aromatic carbocycles. The molecule has 0 aliphatic rings. The van der Waals surface area contributed by atoms with Crippen LogP contribution >= 0.6 is 15.9 Å². The van der Waals surface area contributed by atoms with Crippen LogP contribution in [0.2, 0.25) is 0 Å². The standard InChI is InChI=1S/C12H17BrN2O/c1-8(2)6-11(14)12(16)15-10-5-3-4-9(13)7-10/h3-5,7-8,11H,6,14H2,1-2H3,(H,15,16)/t11-/m1/s1. The quantitative estimate of drug-likeness (QED) is 0.893. The molecular formula is C12H17BrN2O. The Morgan fingerprint density at radius 1 is 1.50 bits per heavy atom. The van der Waals surface area contributed by atoms with Crippen molar-refractivity contribution in [3.05, 3.63) is 28.7 Å². The van der Waals surface area contributed by atoms with Gasteiger partial charge in [0.05, 0.1) is 6.04 Å². The van der Waals surface area contributed by atoms with Gasteiger partial charge in [-0.2, -0.15) is 0 Å². The third kappa shape index (κ3) is 4.33. The molecule has 3 nitrogen and oxygen atoms in total. The molecule has 3 N–H and O–H groups in total. The summed E-state index contributed by atoms with van der Waals surface area (Å²) in [6.45, 7) is 4.10. The summed E-state index contributed by atoms with van der Waals surface area (Å²) in [5.74, 6) is 0.287. The van der Waals surface area contributed by atoms with Crippen LogP contribution in [0.1, 0.15) is 20.3 Å². The molecule has 1 aromatic rings. The van der Waals surface area contributed by atoms with Gasteiger partial charge >= 0.3 is 0 Å². The van der Waals surface area contributed by atoms with Crippen molar-refractivity contribution in [3.8, 4) is 0 Å². The summed E-state index contributed by atoms with van der Waals surface area (Å²) in [7, 11) is 0. The van der Waals surface area contributed by atoms with Gasteiger partial charge in [-0.25, -0.2) is 0 Å². The average molecular weight is 285 g/mol. The van der Waals surface area contributed by atoms with E-state index in [0.29, 0.717) is 12.3 Å². The number of nitrogens with one attached hydrogen (secondary N) is 1. The molecule has 0 spiro atoms. The minimum Gasteiger partial charge on any atom is -0.325 e. The number of hydrogen-bond donors (Lipinski definition) is 2. The number of halogens is 1. The maximum Gasteiger partial charge on any atom is 0.241 e. The van der Waals surface area contributed by atoms with Gasteiger partial charge in [0.2, 0.25) is 5.91 Å². The van der Waals surface area contributed by atoms with Gasteiger partial charge in [0.25, 0.3) is 0 Å². The molecule has 0 unspecified atom stereocenters. The monoisotopic (exact) mass is 284 g/mol. The topological polar surface area (TPSA) is 55.1 Å². The van der Waals surface area contributed by atoms with Crippen molar-refractivity contribution >= 4 is 27.5 Å². The zero-order chi connectivity index (χ0) is 12.1. The molecule has 88 valence electrons. The lowest BCUT2D eigenvalue weighted by Crippen LogP contribution is -2.36. The fourth-order valence-corrected chi connectivity index (χ4v) is 1.82. The molecule has 0 heterocycles. The van der Waals surface area contributed by atoms with Crippen molar-refractivity contribution in [2.75, 3.05) is 5.32 Å². The lowest BCUT2D eigenvalue weighted by Gasteiger charge is -2.14.